The van der Waals surface area contributed by atoms with Crippen molar-refractivity contribution in [2.24, 2.45) is 0 Å². The van der Waals surface area contributed by atoms with Gasteiger partial charge in [-0.05, 0) is 0 Å². The third kappa shape index (κ3) is 30.2. The first-order valence-corrected chi connectivity index (χ1v) is 14.4. The average molecular weight is 426 g/mol. The quantitative estimate of drug-likeness (QED) is 0.137. The van der Waals surface area contributed by atoms with Crippen molar-refractivity contribution < 1.29 is 0 Å². The van der Waals surface area contributed by atoms with Crippen LogP contribution in [0.1, 0.15) is 187 Å². The third-order valence-electron chi connectivity index (χ3n) is 6.71. The van der Waals surface area contributed by atoms with Crippen LogP contribution in [-0.4, -0.2) is 0 Å². The Morgan fingerprint density at radius 3 is 0.400 bits per heavy atom. The standard InChI is InChI=1S/C29H60.H3N/c1-3-5-7-9-11-13-15-17-19-21-23-25-27-29-28-26-24-22-20-18-16-14-12-10-8-6-4-2;/h3-29H2,1-2H3;1H3. The molecular formula is C29H63N. The lowest BCUT2D eigenvalue weighted by Crippen LogP contribution is -1.84. The highest BCUT2D eigenvalue weighted by atomic mass is 14.0. The summed E-state index contributed by atoms with van der Waals surface area (Å²) in [5.74, 6) is 0. The van der Waals surface area contributed by atoms with Gasteiger partial charge in [-0.1, -0.05) is 187 Å². The van der Waals surface area contributed by atoms with Crippen molar-refractivity contribution in [1.29, 1.82) is 0 Å². The highest BCUT2D eigenvalue weighted by molar-refractivity contribution is 4.51. The van der Waals surface area contributed by atoms with Gasteiger partial charge in [0.15, 0.2) is 0 Å². The maximum atomic E-state index is 2.30. The third-order valence-corrected chi connectivity index (χ3v) is 6.71. The monoisotopic (exact) mass is 425 g/mol. The van der Waals surface area contributed by atoms with Crippen LogP contribution < -0.4 is 6.15 Å². The summed E-state index contributed by atoms with van der Waals surface area (Å²) in [6.45, 7) is 4.61. The van der Waals surface area contributed by atoms with Gasteiger partial charge in [0, 0.05) is 0 Å². The smallest absolute Gasteiger partial charge is 0.0533 e. The summed E-state index contributed by atoms with van der Waals surface area (Å²) in [6.07, 6.45) is 39.9. The van der Waals surface area contributed by atoms with Crippen molar-refractivity contribution >= 4 is 0 Å². The summed E-state index contributed by atoms with van der Waals surface area (Å²) in [7, 11) is 0. The van der Waals surface area contributed by atoms with Crippen molar-refractivity contribution in [3.05, 3.63) is 0 Å². The fraction of sp³-hybridized carbons (Fsp3) is 1.00. The fourth-order valence-corrected chi connectivity index (χ4v) is 4.57. The number of hydrogen-bond acceptors (Lipinski definition) is 1. The second kappa shape index (κ2) is 31.1. The van der Waals surface area contributed by atoms with Crippen molar-refractivity contribution in [3.8, 4) is 0 Å². The van der Waals surface area contributed by atoms with Crippen molar-refractivity contribution in [2.75, 3.05) is 0 Å². The van der Waals surface area contributed by atoms with Gasteiger partial charge in [-0.15, -0.1) is 0 Å². The van der Waals surface area contributed by atoms with E-state index in [4.69, 9.17) is 0 Å². The summed E-state index contributed by atoms with van der Waals surface area (Å²) >= 11 is 0. The van der Waals surface area contributed by atoms with Gasteiger partial charge in [0.25, 0.3) is 0 Å². The number of rotatable bonds is 26. The second-order valence-electron chi connectivity index (χ2n) is 9.84. The van der Waals surface area contributed by atoms with Crippen LogP contribution in [0.2, 0.25) is 0 Å². The van der Waals surface area contributed by atoms with Crippen LogP contribution in [0.5, 0.6) is 0 Å². The van der Waals surface area contributed by atoms with Gasteiger partial charge in [0.2, 0.25) is 0 Å². The Bertz CT molecular complexity index is 237. The van der Waals surface area contributed by atoms with E-state index >= 15 is 0 Å². The molecule has 1 heteroatoms. The van der Waals surface area contributed by atoms with Crippen molar-refractivity contribution in [2.45, 2.75) is 187 Å². The van der Waals surface area contributed by atoms with Gasteiger partial charge in [-0.25, -0.2) is 0 Å². The lowest BCUT2D eigenvalue weighted by Gasteiger charge is -2.04. The SMILES string of the molecule is CCCCCCCCCCCCCCCCCCCCCCCCCCCCC.N. The van der Waals surface area contributed by atoms with Crippen LogP contribution in [0.15, 0.2) is 0 Å². The molecule has 0 saturated heterocycles. The van der Waals surface area contributed by atoms with Gasteiger partial charge in [0.05, 0.1) is 0 Å². The van der Waals surface area contributed by atoms with Gasteiger partial charge >= 0.3 is 0 Å². The van der Waals surface area contributed by atoms with E-state index in [0.29, 0.717) is 0 Å². The summed E-state index contributed by atoms with van der Waals surface area (Å²) in [4.78, 5) is 0. The van der Waals surface area contributed by atoms with Crippen molar-refractivity contribution in [3.63, 3.8) is 0 Å². The Kier molecular flexibility index (Phi) is 33.4. The molecule has 184 valence electrons. The topological polar surface area (TPSA) is 35.0 Å². The molecule has 0 bridgehead atoms. The van der Waals surface area contributed by atoms with Crippen LogP contribution in [0, 0.1) is 0 Å². The number of unbranched alkanes of at least 4 members (excludes halogenated alkanes) is 26. The van der Waals surface area contributed by atoms with Crippen molar-refractivity contribution in [1.82, 2.24) is 6.15 Å². The zero-order chi connectivity index (χ0) is 21.1. The Hall–Kier alpha value is -0.0400. The van der Waals surface area contributed by atoms with E-state index in [1.807, 2.05) is 0 Å². The minimum absolute atomic E-state index is 0. The van der Waals surface area contributed by atoms with Crippen LogP contribution in [-0.2, 0) is 0 Å². The minimum Gasteiger partial charge on any atom is -0.344 e. The molecule has 0 aromatic carbocycles. The highest BCUT2D eigenvalue weighted by Gasteiger charge is 1.96. The molecule has 0 heterocycles. The van der Waals surface area contributed by atoms with Crippen LogP contribution >= 0.6 is 0 Å². The molecule has 30 heavy (non-hydrogen) atoms. The fourth-order valence-electron chi connectivity index (χ4n) is 4.57. The first-order chi connectivity index (χ1) is 14.4. The molecule has 0 atom stereocenters. The molecule has 0 radical (unpaired) electrons. The molecule has 0 aliphatic heterocycles. The summed E-state index contributed by atoms with van der Waals surface area (Å²) < 4.78 is 0. The molecular weight excluding hydrogens is 362 g/mol. The maximum absolute atomic E-state index is 2.30. The Balaban J connectivity index is 0. The lowest BCUT2D eigenvalue weighted by molar-refractivity contribution is 0.515. The maximum Gasteiger partial charge on any atom is -0.0533 e. The Labute approximate surface area is 193 Å². The van der Waals surface area contributed by atoms with Crippen LogP contribution in [0.3, 0.4) is 0 Å². The molecule has 0 rings (SSSR count). The van der Waals surface area contributed by atoms with E-state index in [1.165, 1.54) is 173 Å². The summed E-state index contributed by atoms with van der Waals surface area (Å²) in [5.41, 5.74) is 0. The van der Waals surface area contributed by atoms with Gasteiger partial charge < -0.3 is 6.15 Å². The normalized spacial score (nSPS) is 11.0. The van der Waals surface area contributed by atoms with E-state index in [1.54, 1.807) is 0 Å². The zero-order valence-electron chi connectivity index (χ0n) is 21.8. The Morgan fingerprint density at radius 1 is 0.200 bits per heavy atom. The minimum atomic E-state index is 0. The lowest BCUT2D eigenvalue weighted by atomic mass is 10.0. The first-order valence-electron chi connectivity index (χ1n) is 14.4. The molecule has 0 aromatic rings. The zero-order valence-corrected chi connectivity index (χ0v) is 21.8. The average Bonchev–Trinajstić information content (AvgIpc) is 2.74. The summed E-state index contributed by atoms with van der Waals surface area (Å²) in [5, 5.41) is 0. The molecule has 3 N–H and O–H groups in total. The predicted octanol–water partition coefficient (Wildman–Crippen LogP) is 11.7. The molecule has 0 aliphatic rings. The first kappa shape index (κ1) is 32.1. The molecule has 0 unspecified atom stereocenters. The molecule has 0 amide bonds. The van der Waals surface area contributed by atoms with Gasteiger partial charge in [-0.3, -0.25) is 0 Å². The molecule has 0 fully saturated rings. The van der Waals surface area contributed by atoms with Gasteiger partial charge in [0.1, 0.15) is 0 Å². The van der Waals surface area contributed by atoms with E-state index < -0.39 is 0 Å². The molecule has 0 aromatic heterocycles. The molecule has 0 saturated carbocycles. The van der Waals surface area contributed by atoms with Crippen LogP contribution in [0.25, 0.3) is 0 Å². The molecule has 0 spiro atoms. The molecule has 1 nitrogen and oxygen atoms in total. The van der Waals surface area contributed by atoms with Crippen LogP contribution in [0.4, 0.5) is 0 Å². The number of hydrogen-bond donors (Lipinski definition) is 1. The van der Waals surface area contributed by atoms with E-state index in [0.717, 1.165) is 0 Å². The highest BCUT2D eigenvalue weighted by Crippen LogP contribution is 2.16. The predicted molar refractivity (Wildman–Crippen MR) is 141 cm³/mol. The second-order valence-corrected chi connectivity index (χ2v) is 9.84. The van der Waals surface area contributed by atoms with E-state index in [2.05, 4.69) is 13.8 Å². The van der Waals surface area contributed by atoms with E-state index in [-0.39, 0.29) is 6.15 Å². The molecule has 0 aliphatic carbocycles. The van der Waals surface area contributed by atoms with Gasteiger partial charge in [-0.2, -0.15) is 0 Å². The largest absolute Gasteiger partial charge is 0.344 e. The van der Waals surface area contributed by atoms with E-state index in [9.17, 15) is 0 Å². The summed E-state index contributed by atoms with van der Waals surface area (Å²) in [6, 6.07) is 0. The Morgan fingerprint density at radius 2 is 0.300 bits per heavy atom.